The van der Waals surface area contributed by atoms with Crippen LogP contribution < -0.4 is 5.32 Å². The monoisotopic (exact) mass is 343 g/mol. The fourth-order valence-electron chi connectivity index (χ4n) is 2.37. The van der Waals surface area contributed by atoms with Crippen molar-refractivity contribution in [1.82, 2.24) is 5.32 Å². The average Bonchev–Trinajstić information content (AvgIpc) is 2.57. The normalized spacial score (nSPS) is 11.3. The molecule has 0 fully saturated rings. The molecule has 0 amide bonds. The van der Waals surface area contributed by atoms with E-state index >= 15 is 0 Å². The molecule has 0 radical (unpaired) electrons. The van der Waals surface area contributed by atoms with Gasteiger partial charge in [0.25, 0.3) is 0 Å². The highest BCUT2D eigenvalue weighted by atomic mass is 31.1. The first-order valence-corrected chi connectivity index (χ1v) is 10.7. The van der Waals surface area contributed by atoms with Gasteiger partial charge < -0.3 is 5.32 Å². The number of hydrogen-bond acceptors (Lipinski definition) is 2. The highest BCUT2D eigenvalue weighted by Crippen LogP contribution is 2.15. The number of nitrogens with zero attached hydrogens (tertiary/aromatic N) is 1. The van der Waals surface area contributed by atoms with E-state index < -0.39 is 7.94 Å². The zero-order valence-corrected chi connectivity index (χ0v) is 15.8. The summed E-state index contributed by atoms with van der Waals surface area (Å²) in [6.07, 6.45) is 15.6. The minimum Gasteiger partial charge on any atom is -0.317 e. The quantitative estimate of drug-likeness (QED) is 0.165. The van der Waals surface area contributed by atoms with E-state index in [1.54, 1.807) is 0 Å². The molecule has 0 aliphatic heterocycles. The van der Waals surface area contributed by atoms with E-state index in [4.69, 9.17) is 10.1 Å². The third-order valence-corrected chi connectivity index (χ3v) is 4.46. The van der Waals surface area contributed by atoms with Crippen LogP contribution >= 0.6 is 7.94 Å². The predicted molar refractivity (Wildman–Crippen MR) is 99.9 cm³/mol. The molecule has 1 unspecified atom stereocenters. The zero-order chi connectivity index (χ0) is 17.0. The molecule has 0 rings (SSSR count). The van der Waals surface area contributed by atoms with Crippen LogP contribution in [0.15, 0.2) is 4.91 Å². The Hall–Kier alpha value is -0.460. The van der Waals surface area contributed by atoms with Gasteiger partial charge in [-0.1, -0.05) is 64.2 Å². The van der Waals surface area contributed by atoms with Crippen molar-refractivity contribution in [2.24, 2.45) is 4.91 Å². The Labute approximate surface area is 144 Å². The Kier molecular flexibility index (Phi) is 19.2. The molecule has 23 heavy (non-hydrogen) atoms. The molecule has 134 valence electrons. The third kappa shape index (κ3) is 19.5. The highest BCUT2D eigenvalue weighted by molar-refractivity contribution is 7.41. The number of nitrogens with one attached hydrogen (secondary N) is 1. The van der Waals surface area contributed by atoms with Crippen molar-refractivity contribution in [2.45, 2.75) is 84.0 Å². The molecule has 0 aliphatic carbocycles. The molecule has 0 aromatic carbocycles. The lowest BCUT2D eigenvalue weighted by atomic mass is 10.1. The molecule has 0 bridgehead atoms. The van der Waals surface area contributed by atoms with Gasteiger partial charge in [-0.2, -0.15) is 4.89 Å². The van der Waals surface area contributed by atoms with Gasteiger partial charge in [-0.25, -0.2) is 5.21 Å². The van der Waals surface area contributed by atoms with Crippen LogP contribution in [0.25, 0.3) is 0 Å². The van der Waals surface area contributed by atoms with Gasteiger partial charge in [0.2, 0.25) is 6.16 Å². The van der Waals surface area contributed by atoms with Crippen molar-refractivity contribution in [3.63, 3.8) is 0 Å². The van der Waals surface area contributed by atoms with E-state index in [-0.39, 0.29) is 0 Å². The topological polar surface area (TPSA) is 64.8 Å². The van der Waals surface area contributed by atoms with Crippen LogP contribution in [0.3, 0.4) is 0 Å². The fourth-order valence-corrected chi connectivity index (χ4v) is 2.69. The summed E-state index contributed by atoms with van der Waals surface area (Å²) in [5, 5.41) is 11.8. The Morgan fingerprint density at radius 3 is 2.00 bits per heavy atom. The van der Waals surface area contributed by atoms with E-state index in [0.717, 1.165) is 12.8 Å². The highest BCUT2D eigenvalue weighted by Gasteiger charge is 2.02. The number of unbranched alkanes of at least 4 members (excludes halogenated alkanes) is 10. The fraction of sp³-hybridized carbons (Fsp3) is 0.889. The largest absolute Gasteiger partial charge is 0.411 e. The van der Waals surface area contributed by atoms with Gasteiger partial charge in [0.15, 0.2) is 0 Å². The summed E-state index contributed by atoms with van der Waals surface area (Å²) in [6, 6.07) is 0. The van der Waals surface area contributed by atoms with Crippen LogP contribution in [0.2, 0.25) is 0 Å². The second-order valence-corrected chi connectivity index (χ2v) is 7.25. The van der Waals surface area contributed by atoms with Crippen LogP contribution in [0.4, 0.5) is 0 Å². The Bertz CT molecular complexity index is 338. The second-order valence-electron chi connectivity index (χ2n) is 6.01. The lowest BCUT2D eigenvalue weighted by Gasteiger charge is -2.04. The molecule has 0 saturated carbocycles. The first kappa shape index (κ1) is 22.5. The van der Waals surface area contributed by atoms with Gasteiger partial charge in [0, 0.05) is 6.42 Å². The maximum Gasteiger partial charge on any atom is 0.411 e. The molecule has 0 saturated heterocycles. The van der Waals surface area contributed by atoms with Crippen molar-refractivity contribution < 1.29 is 10.1 Å². The standard InChI is InChI=1S/C18H35N2O2P/c1-2-3-16-19-17-14-12-10-8-6-4-5-7-9-11-13-15-18-23(22)20-21/h19H,2-12,14,16-18H2,1H3,(H-,20,21,22)/p+1. The summed E-state index contributed by atoms with van der Waals surface area (Å²) in [6.45, 7) is 4.60. The number of hydrogen-bond donors (Lipinski definition) is 3. The van der Waals surface area contributed by atoms with Crippen LogP contribution in [-0.4, -0.2) is 29.4 Å². The number of rotatable bonds is 15. The van der Waals surface area contributed by atoms with E-state index in [0.29, 0.717) is 6.16 Å². The molecule has 0 aromatic rings. The second kappa shape index (κ2) is 19.6. The SMILES string of the molecule is CCCCNCCCCCCCCCCCC#CC/[P+](O)=N/O. The summed E-state index contributed by atoms with van der Waals surface area (Å²) < 4.78 is 0. The van der Waals surface area contributed by atoms with Gasteiger partial charge in [0.1, 0.15) is 0 Å². The first-order chi connectivity index (χ1) is 11.3. The van der Waals surface area contributed by atoms with Gasteiger partial charge in [-0.15, -0.1) is 0 Å². The maximum absolute atomic E-state index is 9.03. The van der Waals surface area contributed by atoms with Gasteiger partial charge in [-0.05, 0) is 38.3 Å². The smallest absolute Gasteiger partial charge is 0.317 e. The van der Waals surface area contributed by atoms with E-state index in [2.05, 4.69) is 29.0 Å². The molecule has 0 aliphatic rings. The minimum absolute atomic E-state index is 0.292. The summed E-state index contributed by atoms with van der Waals surface area (Å²) in [5.41, 5.74) is 0. The van der Waals surface area contributed by atoms with Crippen LogP contribution in [-0.2, 0) is 0 Å². The molecule has 0 heterocycles. The maximum atomic E-state index is 9.03. The summed E-state index contributed by atoms with van der Waals surface area (Å²) in [5.74, 6) is 5.88. The molecule has 0 spiro atoms. The Balaban J connectivity index is 3.11. The van der Waals surface area contributed by atoms with Gasteiger partial charge >= 0.3 is 7.94 Å². The summed E-state index contributed by atoms with van der Waals surface area (Å²) in [7, 11) is -1.62. The predicted octanol–water partition coefficient (Wildman–Crippen LogP) is 5.24. The third-order valence-electron chi connectivity index (χ3n) is 3.81. The average molecular weight is 343 g/mol. The minimum atomic E-state index is -1.62. The van der Waals surface area contributed by atoms with Crippen molar-refractivity contribution in [2.75, 3.05) is 19.3 Å². The van der Waals surface area contributed by atoms with Crippen molar-refractivity contribution in [1.29, 1.82) is 0 Å². The van der Waals surface area contributed by atoms with Gasteiger partial charge in [0.05, 0.1) is 4.91 Å². The van der Waals surface area contributed by atoms with E-state index in [1.807, 2.05) is 0 Å². The Morgan fingerprint density at radius 1 is 0.826 bits per heavy atom. The van der Waals surface area contributed by atoms with Crippen molar-refractivity contribution in [3.05, 3.63) is 0 Å². The molecule has 1 atom stereocenters. The van der Waals surface area contributed by atoms with Gasteiger partial charge in [-0.3, -0.25) is 0 Å². The summed E-state index contributed by atoms with van der Waals surface area (Å²) >= 11 is 0. The molecule has 4 nitrogen and oxygen atoms in total. The van der Waals surface area contributed by atoms with E-state index in [9.17, 15) is 0 Å². The summed E-state index contributed by atoms with van der Waals surface area (Å²) in [4.78, 5) is 11.8. The van der Waals surface area contributed by atoms with E-state index in [1.165, 1.54) is 77.3 Å². The van der Waals surface area contributed by atoms with Crippen molar-refractivity contribution >= 4 is 7.94 Å². The molecular weight excluding hydrogens is 307 g/mol. The lowest BCUT2D eigenvalue weighted by Crippen LogP contribution is -2.16. The van der Waals surface area contributed by atoms with Crippen LogP contribution in [0, 0.1) is 11.8 Å². The molecule has 0 aromatic heterocycles. The van der Waals surface area contributed by atoms with Crippen molar-refractivity contribution in [3.8, 4) is 11.8 Å². The lowest BCUT2D eigenvalue weighted by molar-refractivity contribution is 0.320. The molecule has 3 N–H and O–H groups in total. The Morgan fingerprint density at radius 2 is 1.39 bits per heavy atom. The van der Waals surface area contributed by atoms with Crippen LogP contribution in [0.1, 0.15) is 84.0 Å². The molecular formula is C18H36N2O2P+. The molecule has 5 heteroatoms. The van der Waals surface area contributed by atoms with Crippen LogP contribution in [0.5, 0.6) is 0 Å². The first-order valence-electron chi connectivity index (χ1n) is 9.29. The zero-order valence-electron chi connectivity index (χ0n) is 14.9.